The van der Waals surface area contributed by atoms with Gasteiger partial charge in [-0.1, -0.05) is 0 Å². The summed E-state index contributed by atoms with van der Waals surface area (Å²) in [6, 6.07) is 5.01. The number of amides is 1. The number of anilines is 1. The van der Waals surface area contributed by atoms with Crippen molar-refractivity contribution in [1.29, 1.82) is 0 Å². The summed E-state index contributed by atoms with van der Waals surface area (Å²) < 4.78 is 10.6. The van der Waals surface area contributed by atoms with Gasteiger partial charge < -0.3 is 20.5 Å². The van der Waals surface area contributed by atoms with E-state index >= 15 is 0 Å². The van der Waals surface area contributed by atoms with Crippen LogP contribution in [0.3, 0.4) is 0 Å². The average molecular weight is 250 g/mol. The van der Waals surface area contributed by atoms with E-state index in [2.05, 4.69) is 5.32 Å². The Balaban J connectivity index is 2.00. The molecule has 1 saturated heterocycles. The van der Waals surface area contributed by atoms with Gasteiger partial charge in [0.05, 0.1) is 18.8 Å². The minimum Gasteiger partial charge on any atom is -0.496 e. The van der Waals surface area contributed by atoms with E-state index in [1.165, 1.54) is 7.11 Å². The Kier molecular flexibility index (Phi) is 4.04. The van der Waals surface area contributed by atoms with Crippen molar-refractivity contribution in [3.05, 3.63) is 23.8 Å². The standard InChI is InChI=1S/C13H18N2O3/c1-17-12-5-4-9(14)7-11(12)13(16)15-8-10-3-2-6-18-10/h4-5,7,10H,2-3,6,8,14H2,1H3,(H,15,16). The topological polar surface area (TPSA) is 73.6 Å². The van der Waals surface area contributed by atoms with Gasteiger partial charge in [-0.25, -0.2) is 0 Å². The predicted molar refractivity (Wildman–Crippen MR) is 68.7 cm³/mol. The van der Waals surface area contributed by atoms with Gasteiger partial charge in [0.1, 0.15) is 5.75 Å². The monoisotopic (exact) mass is 250 g/mol. The van der Waals surface area contributed by atoms with Crippen LogP contribution in [0.5, 0.6) is 5.75 Å². The number of rotatable bonds is 4. The maximum absolute atomic E-state index is 12.0. The lowest BCUT2D eigenvalue weighted by molar-refractivity contribution is 0.0855. The molecule has 1 aromatic rings. The first-order valence-electron chi connectivity index (χ1n) is 6.04. The van der Waals surface area contributed by atoms with Crippen molar-refractivity contribution in [2.45, 2.75) is 18.9 Å². The zero-order chi connectivity index (χ0) is 13.0. The fourth-order valence-electron chi connectivity index (χ4n) is 2.01. The predicted octanol–water partition coefficient (Wildman–Crippen LogP) is 1.19. The van der Waals surface area contributed by atoms with Crippen molar-refractivity contribution in [2.24, 2.45) is 0 Å². The van der Waals surface area contributed by atoms with Crippen molar-refractivity contribution in [2.75, 3.05) is 26.0 Å². The molecule has 3 N–H and O–H groups in total. The quantitative estimate of drug-likeness (QED) is 0.787. The molecule has 1 aliphatic heterocycles. The summed E-state index contributed by atoms with van der Waals surface area (Å²) in [5.74, 6) is 0.337. The van der Waals surface area contributed by atoms with Crippen molar-refractivity contribution < 1.29 is 14.3 Å². The summed E-state index contributed by atoms with van der Waals surface area (Å²) in [6.07, 6.45) is 2.18. The maximum Gasteiger partial charge on any atom is 0.255 e. The molecule has 0 spiro atoms. The normalized spacial score (nSPS) is 18.6. The molecule has 1 aliphatic rings. The van der Waals surface area contributed by atoms with E-state index in [1.807, 2.05) is 0 Å². The summed E-state index contributed by atoms with van der Waals surface area (Å²) >= 11 is 0. The molecule has 1 heterocycles. The third kappa shape index (κ3) is 2.92. The van der Waals surface area contributed by atoms with Crippen LogP contribution in [0.25, 0.3) is 0 Å². The Morgan fingerprint density at radius 2 is 2.44 bits per heavy atom. The number of carbonyl (C=O) groups is 1. The van der Waals surface area contributed by atoms with Crippen LogP contribution in [0, 0.1) is 0 Å². The van der Waals surface area contributed by atoms with Crippen LogP contribution in [-0.4, -0.2) is 32.3 Å². The lowest BCUT2D eigenvalue weighted by Gasteiger charge is -2.13. The number of carbonyl (C=O) groups excluding carboxylic acids is 1. The van der Waals surface area contributed by atoms with Gasteiger partial charge in [-0.15, -0.1) is 0 Å². The molecule has 5 nitrogen and oxygen atoms in total. The molecule has 0 aliphatic carbocycles. The highest BCUT2D eigenvalue weighted by Crippen LogP contribution is 2.21. The second kappa shape index (κ2) is 5.73. The molecule has 0 saturated carbocycles. The van der Waals surface area contributed by atoms with Crippen LogP contribution in [-0.2, 0) is 4.74 Å². The zero-order valence-electron chi connectivity index (χ0n) is 10.4. The summed E-state index contributed by atoms with van der Waals surface area (Å²) in [4.78, 5) is 12.0. The van der Waals surface area contributed by atoms with E-state index in [0.717, 1.165) is 19.4 Å². The molecule has 1 fully saturated rings. The SMILES string of the molecule is COc1ccc(N)cc1C(=O)NCC1CCCO1. The molecule has 5 heteroatoms. The number of ether oxygens (including phenoxy) is 2. The molecule has 2 rings (SSSR count). The van der Waals surface area contributed by atoms with Crippen molar-refractivity contribution >= 4 is 11.6 Å². The smallest absolute Gasteiger partial charge is 0.255 e. The molecular formula is C13H18N2O3. The van der Waals surface area contributed by atoms with Gasteiger partial charge in [-0.05, 0) is 31.0 Å². The highest BCUT2D eigenvalue weighted by Gasteiger charge is 2.18. The summed E-state index contributed by atoms with van der Waals surface area (Å²) in [6.45, 7) is 1.30. The molecule has 0 radical (unpaired) electrons. The number of nitrogen functional groups attached to an aromatic ring is 1. The van der Waals surface area contributed by atoms with Crippen LogP contribution < -0.4 is 15.8 Å². The minimum atomic E-state index is -0.186. The van der Waals surface area contributed by atoms with Gasteiger partial charge in [0, 0.05) is 18.8 Å². The lowest BCUT2D eigenvalue weighted by atomic mass is 10.1. The first-order valence-corrected chi connectivity index (χ1v) is 6.04. The highest BCUT2D eigenvalue weighted by molar-refractivity contribution is 5.97. The lowest BCUT2D eigenvalue weighted by Crippen LogP contribution is -2.32. The summed E-state index contributed by atoms with van der Waals surface area (Å²) in [5.41, 5.74) is 6.67. The van der Waals surface area contributed by atoms with E-state index in [4.69, 9.17) is 15.2 Å². The van der Waals surface area contributed by atoms with E-state index in [9.17, 15) is 4.79 Å². The number of hydrogen-bond acceptors (Lipinski definition) is 4. The van der Waals surface area contributed by atoms with Crippen LogP contribution in [0.2, 0.25) is 0 Å². The third-order valence-corrected chi connectivity index (χ3v) is 2.98. The van der Waals surface area contributed by atoms with Crippen molar-refractivity contribution in [3.63, 3.8) is 0 Å². The Bertz CT molecular complexity index is 428. The Morgan fingerprint density at radius 3 is 3.11 bits per heavy atom. The van der Waals surface area contributed by atoms with Gasteiger partial charge in [0.2, 0.25) is 0 Å². The first kappa shape index (κ1) is 12.7. The molecular weight excluding hydrogens is 232 g/mol. The van der Waals surface area contributed by atoms with E-state index < -0.39 is 0 Å². The molecule has 1 amide bonds. The van der Waals surface area contributed by atoms with Crippen LogP contribution in [0.1, 0.15) is 23.2 Å². The van der Waals surface area contributed by atoms with Gasteiger partial charge in [-0.3, -0.25) is 4.79 Å². The van der Waals surface area contributed by atoms with E-state index in [0.29, 0.717) is 23.5 Å². The molecule has 1 unspecified atom stereocenters. The van der Waals surface area contributed by atoms with Crippen LogP contribution in [0.4, 0.5) is 5.69 Å². The highest BCUT2D eigenvalue weighted by atomic mass is 16.5. The number of nitrogens with two attached hydrogens (primary N) is 1. The second-order valence-electron chi connectivity index (χ2n) is 4.30. The number of hydrogen-bond donors (Lipinski definition) is 2. The Morgan fingerprint density at radius 1 is 1.61 bits per heavy atom. The first-order chi connectivity index (χ1) is 8.70. The molecule has 1 aromatic carbocycles. The fraction of sp³-hybridized carbons (Fsp3) is 0.462. The number of benzene rings is 1. The van der Waals surface area contributed by atoms with Gasteiger partial charge >= 0.3 is 0 Å². The Labute approximate surface area is 106 Å². The summed E-state index contributed by atoms with van der Waals surface area (Å²) in [7, 11) is 1.53. The zero-order valence-corrected chi connectivity index (χ0v) is 10.4. The fourth-order valence-corrected chi connectivity index (χ4v) is 2.01. The maximum atomic E-state index is 12.0. The molecule has 1 atom stereocenters. The van der Waals surface area contributed by atoms with Gasteiger partial charge in [-0.2, -0.15) is 0 Å². The number of nitrogens with one attached hydrogen (secondary N) is 1. The summed E-state index contributed by atoms with van der Waals surface area (Å²) in [5, 5.41) is 2.84. The van der Waals surface area contributed by atoms with Gasteiger partial charge in [0.25, 0.3) is 5.91 Å². The molecule has 98 valence electrons. The average Bonchev–Trinajstić information content (AvgIpc) is 2.89. The van der Waals surface area contributed by atoms with E-state index in [1.54, 1.807) is 18.2 Å². The minimum absolute atomic E-state index is 0.126. The van der Waals surface area contributed by atoms with Crippen molar-refractivity contribution in [1.82, 2.24) is 5.32 Å². The Hall–Kier alpha value is -1.75. The third-order valence-electron chi connectivity index (χ3n) is 2.98. The molecule has 18 heavy (non-hydrogen) atoms. The van der Waals surface area contributed by atoms with Crippen LogP contribution in [0.15, 0.2) is 18.2 Å². The molecule has 0 aromatic heterocycles. The second-order valence-corrected chi connectivity index (χ2v) is 4.30. The van der Waals surface area contributed by atoms with Gasteiger partial charge in [0.15, 0.2) is 0 Å². The molecule has 0 bridgehead atoms. The van der Waals surface area contributed by atoms with E-state index in [-0.39, 0.29) is 12.0 Å². The van der Waals surface area contributed by atoms with Crippen LogP contribution >= 0.6 is 0 Å². The number of methoxy groups -OCH3 is 1. The largest absolute Gasteiger partial charge is 0.496 e. The van der Waals surface area contributed by atoms with Crippen molar-refractivity contribution in [3.8, 4) is 5.75 Å².